The molecule has 0 unspecified atom stereocenters. The fourth-order valence-electron chi connectivity index (χ4n) is 3.54. The van der Waals surface area contributed by atoms with Gasteiger partial charge in [-0.1, -0.05) is 28.1 Å². The highest BCUT2D eigenvalue weighted by atomic mass is 79.9. The summed E-state index contributed by atoms with van der Waals surface area (Å²) in [6.07, 6.45) is 0. The van der Waals surface area contributed by atoms with Gasteiger partial charge in [-0.2, -0.15) is 0 Å². The summed E-state index contributed by atoms with van der Waals surface area (Å²) < 4.78 is 29.1. The van der Waals surface area contributed by atoms with Gasteiger partial charge in [-0.05, 0) is 37.6 Å². The Labute approximate surface area is 168 Å². The Balaban J connectivity index is 2.04. The minimum atomic E-state index is -0.773. The monoisotopic (exact) mass is 448 g/mol. The van der Waals surface area contributed by atoms with Gasteiger partial charge in [-0.25, -0.2) is 9.18 Å². The van der Waals surface area contributed by atoms with Crippen LogP contribution in [0.3, 0.4) is 0 Å². The fourth-order valence-corrected chi connectivity index (χ4v) is 3.80. The lowest BCUT2D eigenvalue weighted by Crippen LogP contribution is -2.47. The maximum absolute atomic E-state index is 14.6. The van der Waals surface area contributed by atoms with Crippen molar-refractivity contribution in [3.05, 3.63) is 67.0 Å². The van der Waals surface area contributed by atoms with Crippen LogP contribution in [0.2, 0.25) is 0 Å². The van der Waals surface area contributed by atoms with Crippen molar-refractivity contribution in [2.24, 2.45) is 0 Å². The topological polar surface area (TPSA) is 62.5 Å². The first kappa shape index (κ1) is 18.7. The van der Waals surface area contributed by atoms with E-state index in [-0.39, 0.29) is 35.5 Å². The third-order valence-corrected chi connectivity index (χ3v) is 5.28. The standard InChI is InChI=1S/C20H18BrFN2O4/c1-20(2)10-24-15-13(8-14(22)16(27-3)17(15)28-20)18(25)23(19(24)26)9-11-4-6-12(21)7-5-11/h4-8H,9-10H2,1-3H3. The van der Waals surface area contributed by atoms with Crippen LogP contribution in [0.15, 0.2) is 44.4 Å². The second-order valence-electron chi connectivity index (χ2n) is 7.37. The minimum Gasteiger partial charge on any atom is -0.490 e. The summed E-state index contributed by atoms with van der Waals surface area (Å²) in [6, 6.07) is 8.42. The van der Waals surface area contributed by atoms with Crippen LogP contribution < -0.4 is 20.7 Å². The van der Waals surface area contributed by atoms with Crippen LogP contribution >= 0.6 is 15.9 Å². The second kappa shape index (κ2) is 6.48. The molecule has 0 fully saturated rings. The van der Waals surface area contributed by atoms with E-state index in [1.807, 2.05) is 24.3 Å². The summed E-state index contributed by atoms with van der Waals surface area (Å²) >= 11 is 3.36. The SMILES string of the molecule is COc1c(F)cc2c(=O)n(Cc3ccc(Br)cc3)c(=O)n3c2c1OC(C)(C)C3. The van der Waals surface area contributed by atoms with Crippen molar-refractivity contribution in [3.63, 3.8) is 0 Å². The molecule has 4 rings (SSSR count). The highest BCUT2D eigenvalue weighted by Gasteiger charge is 2.34. The summed E-state index contributed by atoms with van der Waals surface area (Å²) in [6.45, 7) is 3.90. The predicted octanol–water partition coefficient (Wildman–Crippen LogP) is 3.29. The molecule has 2 heterocycles. The second-order valence-corrected chi connectivity index (χ2v) is 8.28. The van der Waals surface area contributed by atoms with Gasteiger partial charge in [0.05, 0.1) is 25.6 Å². The van der Waals surface area contributed by atoms with E-state index in [4.69, 9.17) is 9.47 Å². The van der Waals surface area contributed by atoms with Gasteiger partial charge in [0, 0.05) is 4.47 Å². The molecule has 0 amide bonds. The highest BCUT2D eigenvalue weighted by molar-refractivity contribution is 9.10. The van der Waals surface area contributed by atoms with E-state index in [0.717, 1.165) is 20.7 Å². The summed E-state index contributed by atoms with van der Waals surface area (Å²) in [5, 5.41) is 0.0838. The van der Waals surface area contributed by atoms with Crippen molar-refractivity contribution < 1.29 is 13.9 Å². The summed E-state index contributed by atoms with van der Waals surface area (Å²) in [5.41, 5.74) is -0.753. The number of ether oxygens (including phenoxy) is 2. The Morgan fingerprint density at radius 1 is 1.25 bits per heavy atom. The van der Waals surface area contributed by atoms with Crippen molar-refractivity contribution in [3.8, 4) is 11.5 Å². The highest BCUT2D eigenvalue weighted by Crippen LogP contribution is 2.41. The molecule has 3 aromatic rings. The van der Waals surface area contributed by atoms with Gasteiger partial charge in [-0.15, -0.1) is 0 Å². The lowest BCUT2D eigenvalue weighted by molar-refractivity contribution is 0.0741. The van der Waals surface area contributed by atoms with E-state index in [1.165, 1.54) is 11.7 Å². The third-order valence-electron chi connectivity index (χ3n) is 4.75. The number of hydrogen-bond donors (Lipinski definition) is 0. The lowest BCUT2D eigenvalue weighted by atomic mass is 10.1. The quantitative estimate of drug-likeness (QED) is 0.616. The molecule has 0 aliphatic carbocycles. The van der Waals surface area contributed by atoms with Crippen LogP contribution in [0.1, 0.15) is 19.4 Å². The minimum absolute atomic E-state index is 0.0822. The largest absolute Gasteiger partial charge is 0.490 e. The summed E-state index contributed by atoms with van der Waals surface area (Å²) in [4.78, 5) is 26.2. The first-order chi connectivity index (χ1) is 13.2. The Hall–Kier alpha value is -2.61. The molecule has 0 radical (unpaired) electrons. The molecule has 28 heavy (non-hydrogen) atoms. The molecule has 1 aliphatic rings. The van der Waals surface area contributed by atoms with Crippen LogP contribution in [0.25, 0.3) is 10.9 Å². The van der Waals surface area contributed by atoms with Crippen molar-refractivity contribution in [2.75, 3.05) is 7.11 Å². The molecule has 6 nitrogen and oxygen atoms in total. The molecule has 2 aromatic carbocycles. The number of aromatic nitrogens is 2. The zero-order valence-corrected chi connectivity index (χ0v) is 17.2. The van der Waals surface area contributed by atoms with E-state index in [1.54, 1.807) is 13.8 Å². The number of methoxy groups -OCH3 is 1. The molecule has 1 aromatic heterocycles. The van der Waals surface area contributed by atoms with Gasteiger partial charge in [0.25, 0.3) is 5.56 Å². The Bertz CT molecular complexity index is 1210. The van der Waals surface area contributed by atoms with Gasteiger partial charge < -0.3 is 9.47 Å². The number of benzene rings is 2. The van der Waals surface area contributed by atoms with Crippen LogP contribution in [0, 0.1) is 5.82 Å². The number of rotatable bonds is 3. The molecule has 0 saturated carbocycles. The van der Waals surface area contributed by atoms with Gasteiger partial charge in [0.15, 0.2) is 17.3 Å². The van der Waals surface area contributed by atoms with Gasteiger partial charge in [-0.3, -0.25) is 13.9 Å². The first-order valence-electron chi connectivity index (χ1n) is 8.69. The Morgan fingerprint density at radius 2 is 1.93 bits per heavy atom. The van der Waals surface area contributed by atoms with Crippen molar-refractivity contribution in [1.82, 2.24) is 9.13 Å². The molecule has 8 heteroatoms. The lowest BCUT2D eigenvalue weighted by Gasteiger charge is -2.34. The summed E-state index contributed by atoms with van der Waals surface area (Å²) in [5.74, 6) is -0.739. The van der Waals surface area contributed by atoms with Crippen LogP contribution in [0.4, 0.5) is 4.39 Å². The van der Waals surface area contributed by atoms with Gasteiger partial charge in [0.2, 0.25) is 0 Å². The molecule has 0 spiro atoms. The average Bonchev–Trinajstić information content (AvgIpc) is 2.63. The maximum Gasteiger partial charge on any atom is 0.332 e. The normalized spacial score (nSPS) is 14.8. The van der Waals surface area contributed by atoms with Crippen LogP contribution in [-0.2, 0) is 13.1 Å². The molecule has 0 bridgehead atoms. The molecule has 0 atom stereocenters. The number of halogens is 2. The zero-order chi connectivity index (χ0) is 20.2. The van der Waals surface area contributed by atoms with Crippen molar-refractivity contribution in [2.45, 2.75) is 32.5 Å². The zero-order valence-electron chi connectivity index (χ0n) is 15.6. The van der Waals surface area contributed by atoms with E-state index >= 15 is 0 Å². The van der Waals surface area contributed by atoms with Crippen molar-refractivity contribution >= 4 is 26.8 Å². The summed E-state index contributed by atoms with van der Waals surface area (Å²) in [7, 11) is 1.32. The maximum atomic E-state index is 14.6. The van der Waals surface area contributed by atoms with E-state index < -0.39 is 22.7 Å². The Kier molecular flexibility index (Phi) is 4.33. The number of nitrogens with zero attached hydrogens (tertiary/aromatic N) is 2. The van der Waals surface area contributed by atoms with Crippen LogP contribution in [-0.4, -0.2) is 21.8 Å². The molecule has 0 saturated heterocycles. The smallest absolute Gasteiger partial charge is 0.332 e. The van der Waals surface area contributed by atoms with Crippen LogP contribution in [0.5, 0.6) is 11.5 Å². The van der Waals surface area contributed by atoms with Crippen molar-refractivity contribution in [1.29, 1.82) is 0 Å². The third kappa shape index (κ3) is 2.92. The fraction of sp³-hybridized carbons (Fsp3) is 0.300. The van der Waals surface area contributed by atoms with E-state index in [0.29, 0.717) is 0 Å². The molecule has 146 valence electrons. The number of hydrogen-bond acceptors (Lipinski definition) is 4. The average molecular weight is 449 g/mol. The van der Waals surface area contributed by atoms with Gasteiger partial charge in [0.1, 0.15) is 11.1 Å². The Morgan fingerprint density at radius 3 is 2.57 bits per heavy atom. The molecule has 1 aliphatic heterocycles. The van der Waals surface area contributed by atoms with E-state index in [2.05, 4.69) is 15.9 Å². The first-order valence-corrected chi connectivity index (χ1v) is 9.48. The predicted molar refractivity (Wildman–Crippen MR) is 107 cm³/mol. The van der Waals surface area contributed by atoms with E-state index in [9.17, 15) is 14.0 Å². The molecular weight excluding hydrogens is 431 g/mol. The molecular formula is C20H18BrFN2O4. The van der Waals surface area contributed by atoms with Gasteiger partial charge >= 0.3 is 5.69 Å². The molecule has 0 N–H and O–H groups in total.